The molecule has 3 fully saturated rings. The summed E-state index contributed by atoms with van der Waals surface area (Å²) < 4.78 is 6.35. The van der Waals surface area contributed by atoms with E-state index in [1.54, 1.807) is 0 Å². The van der Waals surface area contributed by atoms with Crippen molar-refractivity contribution in [2.45, 2.75) is 151 Å². The summed E-state index contributed by atoms with van der Waals surface area (Å²) in [4.78, 5) is 13.0. The predicted molar refractivity (Wildman–Crippen MR) is 159 cm³/mol. The van der Waals surface area contributed by atoms with Crippen LogP contribution in [-0.4, -0.2) is 12.1 Å². The standard InChI is InChI=1S/C36H58O2/c1-24(2)12-11-13-25(3)27-18-22-36(8)29-16-17-30-33(4,5)31(38-32(37)26-14-9-10-15-26)20-21-34(30,6)28(29)19-23-35(27,36)7/h12,25-27,30-31H,9-11,13-23H2,1-8H3/t25-,27-,30?,31+,34-,35-,36+/m1/s1. The van der Waals surface area contributed by atoms with Gasteiger partial charge in [-0.15, -0.1) is 0 Å². The van der Waals surface area contributed by atoms with Crippen molar-refractivity contribution < 1.29 is 9.53 Å². The van der Waals surface area contributed by atoms with Gasteiger partial charge in [0.25, 0.3) is 0 Å². The van der Waals surface area contributed by atoms with Crippen LogP contribution < -0.4 is 0 Å². The molecule has 2 nitrogen and oxygen atoms in total. The van der Waals surface area contributed by atoms with Gasteiger partial charge >= 0.3 is 5.97 Å². The molecule has 5 aliphatic rings. The van der Waals surface area contributed by atoms with Crippen LogP contribution in [0.2, 0.25) is 0 Å². The van der Waals surface area contributed by atoms with Gasteiger partial charge in [-0.3, -0.25) is 4.79 Å². The van der Waals surface area contributed by atoms with Crippen molar-refractivity contribution >= 4 is 5.97 Å². The number of carbonyl (C=O) groups is 1. The average Bonchev–Trinajstić information content (AvgIpc) is 3.47. The highest BCUT2D eigenvalue weighted by molar-refractivity contribution is 5.73. The Morgan fingerprint density at radius 1 is 0.921 bits per heavy atom. The van der Waals surface area contributed by atoms with Gasteiger partial charge in [-0.1, -0.05) is 77.2 Å². The monoisotopic (exact) mass is 522 g/mol. The lowest BCUT2D eigenvalue weighted by Crippen LogP contribution is -2.56. The summed E-state index contributed by atoms with van der Waals surface area (Å²) >= 11 is 0. The summed E-state index contributed by atoms with van der Waals surface area (Å²) in [6.45, 7) is 19.9. The molecule has 0 bridgehead atoms. The molecule has 7 atom stereocenters. The lowest BCUT2D eigenvalue weighted by atomic mass is 9.43. The van der Waals surface area contributed by atoms with Crippen LogP contribution in [0.5, 0.6) is 0 Å². The second-order valence-electron chi connectivity index (χ2n) is 16.0. The molecule has 0 amide bonds. The van der Waals surface area contributed by atoms with Crippen LogP contribution in [0.4, 0.5) is 0 Å². The molecule has 0 aromatic rings. The van der Waals surface area contributed by atoms with E-state index in [-0.39, 0.29) is 28.8 Å². The highest BCUT2D eigenvalue weighted by Gasteiger charge is 2.63. The number of esters is 1. The molecular formula is C36H58O2. The maximum absolute atomic E-state index is 13.0. The van der Waals surface area contributed by atoms with E-state index in [0.29, 0.717) is 16.7 Å². The van der Waals surface area contributed by atoms with Gasteiger partial charge in [0.05, 0.1) is 5.92 Å². The Kier molecular flexibility index (Phi) is 7.57. The van der Waals surface area contributed by atoms with Gasteiger partial charge < -0.3 is 4.74 Å². The fourth-order valence-corrected chi connectivity index (χ4v) is 11.1. The van der Waals surface area contributed by atoms with E-state index >= 15 is 0 Å². The van der Waals surface area contributed by atoms with Gasteiger partial charge in [-0.2, -0.15) is 0 Å². The van der Waals surface area contributed by atoms with E-state index in [0.717, 1.165) is 31.1 Å². The Bertz CT molecular complexity index is 975. The van der Waals surface area contributed by atoms with Crippen molar-refractivity contribution in [2.24, 2.45) is 45.3 Å². The topological polar surface area (TPSA) is 26.3 Å². The fraction of sp³-hybridized carbons (Fsp3) is 0.861. The molecule has 5 rings (SSSR count). The van der Waals surface area contributed by atoms with Gasteiger partial charge in [-0.05, 0) is 125 Å². The van der Waals surface area contributed by atoms with Crippen LogP contribution in [0.15, 0.2) is 22.8 Å². The van der Waals surface area contributed by atoms with Crippen molar-refractivity contribution in [1.82, 2.24) is 0 Å². The Balaban J connectivity index is 1.37. The normalized spacial score (nSPS) is 41.2. The van der Waals surface area contributed by atoms with Gasteiger partial charge in [0.15, 0.2) is 0 Å². The first-order chi connectivity index (χ1) is 17.8. The first kappa shape index (κ1) is 28.5. The van der Waals surface area contributed by atoms with Crippen molar-refractivity contribution in [3.8, 4) is 0 Å². The van der Waals surface area contributed by atoms with Gasteiger partial charge in [0.1, 0.15) is 6.10 Å². The molecular weight excluding hydrogens is 464 g/mol. The summed E-state index contributed by atoms with van der Waals surface area (Å²) in [5.41, 5.74) is 6.29. The lowest BCUT2D eigenvalue weighted by Gasteiger charge is -2.62. The minimum atomic E-state index is 0.0408. The first-order valence-corrected chi connectivity index (χ1v) is 16.4. The number of allylic oxidation sites excluding steroid dienone is 4. The molecule has 0 heterocycles. The number of hydrogen-bond donors (Lipinski definition) is 0. The number of hydrogen-bond acceptors (Lipinski definition) is 2. The molecule has 0 aromatic carbocycles. The summed E-state index contributed by atoms with van der Waals surface area (Å²) in [7, 11) is 0. The van der Waals surface area contributed by atoms with Gasteiger partial charge in [0.2, 0.25) is 0 Å². The number of fused-ring (bicyclic) bond motifs is 4. The second-order valence-corrected chi connectivity index (χ2v) is 16.0. The molecule has 0 aliphatic heterocycles. The number of carbonyl (C=O) groups excluding carboxylic acids is 1. The largest absolute Gasteiger partial charge is 0.462 e. The molecule has 0 aromatic heterocycles. The Hall–Kier alpha value is -1.05. The van der Waals surface area contributed by atoms with E-state index in [1.807, 2.05) is 11.1 Å². The van der Waals surface area contributed by atoms with Gasteiger partial charge in [-0.25, -0.2) is 0 Å². The summed E-state index contributed by atoms with van der Waals surface area (Å²) in [5, 5.41) is 0. The van der Waals surface area contributed by atoms with Crippen LogP contribution in [0.3, 0.4) is 0 Å². The molecule has 3 saturated carbocycles. The molecule has 0 N–H and O–H groups in total. The third-order valence-corrected chi connectivity index (χ3v) is 13.6. The molecule has 1 unspecified atom stereocenters. The van der Waals surface area contributed by atoms with Crippen molar-refractivity contribution in [1.29, 1.82) is 0 Å². The SMILES string of the molecule is CC(C)=CCC[C@@H](C)[C@H]1CC[C@@]2(C)C3=C(CC[C@]12C)[C@@]1(C)CC[C@H](OC(=O)C2CCCC2)C(C)(C)C1CC3. The van der Waals surface area contributed by atoms with E-state index in [1.165, 1.54) is 76.2 Å². The molecule has 5 aliphatic carbocycles. The Morgan fingerprint density at radius 3 is 2.32 bits per heavy atom. The smallest absolute Gasteiger partial charge is 0.309 e. The highest BCUT2D eigenvalue weighted by Crippen LogP contribution is 2.72. The van der Waals surface area contributed by atoms with E-state index in [9.17, 15) is 4.79 Å². The van der Waals surface area contributed by atoms with E-state index in [2.05, 4.69) is 61.5 Å². The summed E-state index contributed by atoms with van der Waals surface area (Å²) in [6, 6.07) is 0. The zero-order chi connectivity index (χ0) is 27.5. The third kappa shape index (κ3) is 4.38. The van der Waals surface area contributed by atoms with Crippen LogP contribution in [-0.2, 0) is 9.53 Å². The van der Waals surface area contributed by atoms with Crippen LogP contribution in [0.1, 0.15) is 145 Å². The summed E-state index contributed by atoms with van der Waals surface area (Å²) in [5.74, 6) is 2.53. The maximum Gasteiger partial charge on any atom is 0.309 e. The van der Waals surface area contributed by atoms with Crippen molar-refractivity contribution in [3.05, 3.63) is 22.8 Å². The average molecular weight is 523 g/mol. The minimum absolute atomic E-state index is 0.0408. The van der Waals surface area contributed by atoms with E-state index in [4.69, 9.17) is 4.74 Å². The fourth-order valence-electron chi connectivity index (χ4n) is 11.1. The number of rotatable bonds is 6. The molecule has 2 heteroatoms. The highest BCUT2D eigenvalue weighted by atomic mass is 16.5. The lowest BCUT2D eigenvalue weighted by molar-refractivity contribution is -0.174. The molecule has 38 heavy (non-hydrogen) atoms. The zero-order valence-corrected chi connectivity index (χ0v) is 26.2. The zero-order valence-electron chi connectivity index (χ0n) is 26.2. The second kappa shape index (κ2) is 10.1. The van der Waals surface area contributed by atoms with Crippen molar-refractivity contribution in [3.63, 3.8) is 0 Å². The first-order valence-electron chi connectivity index (χ1n) is 16.4. The summed E-state index contributed by atoms with van der Waals surface area (Å²) in [6.07, 6.45) is 19.8. The van der Waals surface area contributed by atoms with E-state index < -0.39 is 0 Å². The molecule has 214 valence electrons. The minimum Gasteiger partial charge on any atom is -0.462 e. The quantitative estimate of drug-likeness (QED) is 0.256. The molecule has 0 radical (unpaired) electrons. The van der Waals surface area contributed by atoms with Crippen LogP contribution >= 0.6 is 0 Å². The Labute approximate surface area is 234 Å². The molecule has 0 saturated heterocycles. The number of ether oxygens (including phenoxy) is 1. The predicted octanol–water partition coefficient (Wildman–Crippen LogP) is 10.2. The maximum atomic E-state index is 13.0. The van der Waals surface area contributed by atoms with Crippen LogP contribution in [0, 0.1) is 45.3 Å². The third-order valence-electron chi connectivity index (χ3n) is 13.6. The molecule has 0 spiro atoms. The van der Waals surface area contributed by atoms with Crippen molar-refractivity contribution in [2.75, 3.05) is 0 Å². The van der Waals surface area contributed by atoms with Crippen LogP contribution in [0.25, 0.3) is 0 Å². The van der Waals surface area contributed by atoms with Gasteiger partial charge in [0, 0.05) is 5.41 Å². The Morgan fingerprint density at radius 2 is 1.63 bits per heavy atom.